The summed E-state index contributed by atoms with van der Waals surface area (Å²) in [5.41, 5.74) is 0. The van der Waals surface area contributed by atoms with Crippen molar-refractivity contribution in [2.24, 2.45) is 0 Å². The number of nitrogens with zero attached hydrogens (tertiary/aromatic N) is 3. The number of aliphatic hydroxyl groups is 1. The number of hydrogen-bond donors (Lipinski definition) is 2. The molecule has 3 heterocycles. The first-order chi connectivity index (χ1) is 11.6. The summed E-state index contributed by atoms with van der Waals surface area (Å²) in [7, 11) is 0. The van der Waals surface area contributed by atoms with Crippen LogP contribution >= 0.6 is 24.8 Å². The third kappa shape index (κ3) is 6.30. The fraction of sp³-hybridized carbons (Fsp3) is 0.500. The molecule has 2 aromatic heterocycles. The highest BCUT2D eigenvalue weighted by Crippen LogP contribution is 2.15. The molecule has 1 saturated heterocycles. The van der Waals surface area contributed by atoms with Crippen LogP contribution in [0.25, 0.3) is 0 Å². The predicted octanol–water partition coefficient (Wildman–Crippen LogP) is 1.71. The third-order valence-corrected chi connectivity index (χ3v) is 4.03. The largest absolute Gasteiger partial charge is 0.467 e. The maximum Gasteiger partial charge on any atom is 0.239 e. The molecule has 10 heteroatoms. The maximum atomic E-state index is 12.0. The van der Waals surface area contributed by atoms with Crippen molar-refractivity contribution in [2.75, 3.05) is 44.6 Å². The fourth-order valence-electron chi connectivity index (χ4n) is 2.76. The SMILES string of the molecule is Cc1cc(NC(=O)CN2CCN(CC(O)c3ccco3)CC2)no1.Cl.Cl. The first-order valence-electron chi connectivity index (χ1n) is 7.99. The van der Waals surface area contributed by atoms with Crippen molar-refractivity contribution in [3.8, 4) is 0 Å². The molecular weight excluding hydrogens is 383 g/mol. The van der Waals surface area contributed by atoms with Crippen molar-refractivity contribution in [3.05, 3.63) is 36.0 Å². The molecule has 1 fully saturated rings. The zero-order chi connectivity index (χ0) is 16.9. The summed E-state index contributed by atoms with van der Waals surface area (Å²) in [6.45, 7) is 5.78. The molecular formula is C16H24Cl2N4O4. The lowest BCUT2D eigenvalue weighted by atomic mass is 10.2. The van der Waals surface area contributed by atoms with Gasteiger partial charge in [0.2, 0.25) is 5.91 Å². The van der Waals surface area contributed by atoms with Gasteiger partial charge in [-0.25, -0.2) is 0 Å². The highest BCUT2D eigenvalue weighted by Gasteiger charge is 2.22. The van der Waals surface area contributed by atoms with Crippen molar-refractivity contribution < 1.29 is 18.8 Å². The van der Waals surface area contributed by atoms with E-state index in [0.717, 1.165) is 26.2 Å². The number of hydrogen-bond acceptors (Lipinski definition) is 7. The molecule has 1 atom stereocenters. The molecule has 146 valence electrons. The van der Waals surface area contributed by atoms with E-state index in [0.29, 0.717) is 30.4 Å². The number of aromatic nitrogens is 1. The van der Waals surface area contributed by atoms with Crippen LogP contribution in [-0.2, 0) is 4.79 Å². The molecule has 1 amide bonds. The van der Waals surface area contributed by atoms with Gasteiger partial charge in [-0.2, -0.15) is 0 Å². The molecule has 0 saturated carbocycles. The Labute approximate surface area is 164 Å². The van der Waals surface area contributed by atoms with E-state index in [1.54, 1.807) is 31.4 Å². The molecule has 1 aliphatic rings. The number of rotatable bonds is 6. The fourth-order valence-corrected chi connectivity index (χ4v) is 2.76. The summed E-state index contributed by atoms with van der Waals surface area (Å²) in [5.74, 6) is 1.58. The van der Waals surface area contributed by atoms with Crippen molar-refractivity contribution in [1.82, 2.24) is 15.0 Å². The van der Waals surface area contributed by atoms with Gasteiger partial charge < -0.3 is 19.4 Å². The summed E-state index contributed by atoms with van der Waals surface area (Å²) in [6.07, 6.45) is 0.941. The number of anilines is 1. The van der Waals surface area contributed by atoms with Crippen molar-refractivity contribution in [2.45, 2.75) is 13.0 Å². The highest BCUT2D eigenvalue weighted by molar-refractivity contribution is 5.91. The minimum Gasteiger partial charge on any atom is -0.467 e. The molecule has 1 aliphatic heterocycles. The second-order valence-corrected chi connectivity index (χ2v) is 5.98. The normalized spacial score (nSPS) is 16.4. The molecule has 1 unspecified atom stereocenters. The van der Waals surface area contributed by atoms with E-state index in [1.165, 1.54) is 0 Å². The van der Waals surface area contributed by atoms with Gasteiger partial charge in [-0.05, 0) is 19.1 Å². The molecule has 8 nitrogen and oxygen atoms in total. The second-order valence-electron chi connectivity index (χ2n) is 5.98. The second kappa shape index (κ2) is 10.5. The van der Waals surface area contributed by atoms with Gasteiger partial charge in [-0.1, -0.05) is 5.16 Å². The van der Waals surface area contributed by atoms with Crippen LogP contribution in [-0.4, -0.2) is 65.2 Å². The number of aryl methyl sites for hydroxylation is 1. The molecule has 2 aromatic rings. The first-order valence-corrected chi connectivity index (χ1v) is 7.99. The Balaban J connectivity index is 0.00000169. The number of nitrogens with one attached hydrogen (secondary N) is 1. The van der Waals surface area contributed by atoms with Gasteiger partial charge in [-0.15, -0.1) is 24.8 Å². The molecule has 0 radical (unpaired) electrons. The van der Waals surface area contributed by atoms with Crippen molar-refractivity contribution in [1.29, 1.82) is 0 Å². The average Bonchev–Trinajstić information content (AvgIpc) is 3.21. The number of β-amino-alcohol motifs (C(OH)–C–C–N with tert-alkyl or cyclic N) is 1. The summed E-state index contributed by atoms with van der Waals surface area (Å²) in [4.78, 5) is 16.3. The lowest BCUT2D eigenvalue weighted by Crippen LogP contribution is -2.49. The van der Waals surface area contributed by atoms with Gasteiger partial charge in [0.25, 0.3) is 0 Å². The molecule has 2 N–H and O–H groups in total. The number of aliphatic hydroxyl groups excluding tert-OH is 1. The summed E-state index contributed by atoms with van der Waals surface area (Å²) in [5, 5.41) is 16.6. The van der Waals surface area contributed by atoms with Crippen LogP contribution in [0.1, 0.15) is 17.6 Å². The van der Waals surface area contributed by atoms with E-state index in [4.69, 9.17) is 8.94 Å². The van der Waals surface area contributed by atoms with Crippen LogP contribution in [0.4, 0.5) is 5.82 Å². The standard InChI is InChI=1S/C16H22N4O4.2ClH/c1-12-9-15(18-24-12)17-16(22)11-20-6-4-19(5-7-20)10-13(21)14-3-2-8-23-14;;/h2-3,8-9,13,21H,4-7,10-11H2,1H3,(H,17,18,22);2*1H. The number of amides is 1. The summed E-state index contributed by atoms with van der Waals surface area (Å²) >= 11 is 0. The molecule has 26 heavy (non-hydrogen) atoms. The van der Waals surface area contributed by atoms with Gasteiger partial charge in [0.05, 0.1) is 12.8 Å². The Morgan fingerprint density at radius 1 is 1.31 bits per heavy atom. The van der Waals surface area contributed by atoms with Crippen LogP contribution in [0.15, 0.2) is 33.4 Å². The maximum absolute atomic E-state index is 12.0. The van der Waals surface area contributed by atoms with Crippen LogP contribution in [0.2, 0.25) is 0 Å². The lowest BCUT2D eigenvalue weighted by Gasteiger charge is -2.34. The molecule has 3 rings (SSSR count). The Bertz CT molecular complexity index is 657. The minimum atomic E-state index is -0.620. The Kier molecular flexibility index (Phi) is 9.11. The van der Waals surface area contributed by atoms with E-state index < -0.39 is 6.10 Å². The predicted molar refractivity (Wildman–Crippen MR) is 101 cm³/mol. The van der Waals surface area contributed by atoms with Crippen LogP contribution in [0, 0.1) is 6.92 Å². The molecule has 0 spiro atoms. The number of halogens is 2. The van der Waals surface area contributed by atoms with Crippen LogP contribution < -0.4 is 5.32 Å². The van der Waals surface area contributed by atoms with Gasteiger partial charge >= 0.3 is 0 Å². The van der Waals surface area contributed by atoms with E-state index in [2.05, 4.69) is 20.3 Å². The number of furan rings is 1. The molecule has 0 aromatic carbocycles. The Morgan fingerprint density at radius 2 is 2.00 bits per heavy atom. The quantitative estimate of drug-likeness (QED) is 0.753. The zero-order valence-corrected chi connectivity index (χ0v) is 16.1. The van der Waals surface area contributed by atoms with Gasteiger partial charge in [-0.3, -0.25) is 14.6 Å². The van der Waals surface area contributed by atoms with Crippen molar-refractivity contribution >= 4 is 36.5 Å². The zero-order valence-electron chi connectivity index (χ0n) is 14.5. The minimum absolute atomic E-state index is 0. The average molecular weight is 407 g/mol. The monoisotopic (exact) mass is 406 g/mol. The van der Waals surface area contributed by atoms with Gasteiger partial charge in [0.15, 0.2) is 5.82 Å². The Hall–Kier alpha value is -1.58. The number of carbonyl (C=O) groups is 1. The highest BCUT2D eigenvalue weighted by atomic mass is 35.5. The molecule has 0 aliphatic carbocycles. The lowest BCUT2D eigenvalue weighted by molar-refractivity contribution is -0.117. The summed E-state index contributed by atoms with van der Waals surface area (Å²) in [6, 6.07) is 5.23. The van der Waals surface area contributed by atoms with Crippen molar-refractivity contribution in [3.63, 3.8) is 0 Å². The number of piperazine rings is 1. The van der Waals surface area contributed by atoms with Gasteiger partial charge in [0.1, 0.15) is 17.6 Å². The number of carbonyl (C=O) groups excluding carboxylic acids is 1. The van der Waals surface area contributed by atoms with E-state index >= 15 is 0 Å². The first kappa shape index (κ1) is 22.5. The summed E-state index contributed by atoms with van der Waals surface area (Å²) < 4.78 is 10.1. The smallest absolute Gasteiger partial charge is 0.239 e. The van der Waals surface area contributed by atoms with E-state index in [9.17, 15) is 9.90 Å². The van der Waals surface area contributed by atoms with Crippen LogP contribution in [0.3, 0.4) is 0 Å². The topological polar surface area (TPSA) is 95.0 Å². The van der Waals surface area contributed by atoms with Gasteiger partial charge in [0, 0.05) is 38.8 Å². The van der Waals surface area contributed by atoms with E-state index in [1.807, 2.05) is 0 Å². The van der Waals surface area contributed by atoms with E-state index in [-0.39, 0.29) is 30.7 Å². The van der Waals surface area contributed by atoms with Crippen LogP contribution in [0.5, 0.6) is 0 Å². The molecule has 0 bridgehead atoms. The third-order valence-electron chi connectivity index (χ3n) is 4.03. The Morgan fingerprint density at radius 3 is 2.58 bits per heavy atom.